The van der Waals surface area contributed by atoms with Crippen molar-refractivity contribution in [3.05, 3.63) is 46.2 Å². The number of carbonyl (C=O) groups is 2. The summed E-state index contributed by atoms with van der Waals surface area (Å²) in [7, 11) is -2.40. The molecule has 0 radical (unpaired) electrons. The molecule has 1 aliphatic rings. The normalized spacial score (nSPS) is 14.9. The third-order valence-electron chi connectivity index (χ3n) is 4.26. The number of benzene rings is 1. The van der Waals surface area contributed by atoms with Crippen LogP contribution in [0.4, 0.5) is 10.5 Å². The molecule has 1 aliphatic heterocycles. The van der Waals surface area contributed by atoms with E-state index in [9.17, 15) is 18.0 Å². The summed E-state index contributed by atoms with van der Waals surface area (Å²) in [6, 6.07) is 8.37. The molecule has 2 N–H and O–H groups in total. The number of hydrogen-bond donors (Lipinski definition) is 2. The number of methoxy groups -OCH3 is 1. The van der Waals surface area contributed by atoms with E-state index in [2.05, 4.69) is 15.4 Å². The van der Waals surface area contributed by atoms with E-state index in [4.69, 9.17) is 0 Å². The van der Waals surface area contributed by atoms with E-state index in [0.717, 1.165) is 28.4 Å². The Bertz CT molecular complexity index is 967. The van der Waals surface area contributed by atoms with Gasteiger partial charge in [0.05, 0.1) is 7.11 Å². The van der Waals surface area contributed by atoms with Crippen LogP contribution in [0.5, 0.6) is 0 Å². The third kappa shape index (κ3) is 5.30. The Hall–Kier alpha value is -2.08. The van der Waals surface area contributed by atoms with Crippen LogP contribution in [-0.4, -0.2) is 56.4 Å². The molecule has 1 aromatic carbocycles. The first-order valence-electron chi connectivity index (χ1n) is 8.79. The molecule has 1 aromatic heterocycles. The summed E-state index contributed by atoms with van der Waals surface area (Å²) in [5.74, 6) is 1.08. The second-order valence-electron chi connectivity index (χ2n) is 6.13. The largest absolute Gasteiger partial charge is 0.453 e. The maximum Gasteiger partial charge on any atom is 0.411 e. The van der Waals surface area contributed by atoms with Crippen LogP contribution in [0.15, 0.2) is 40.6 Å². The van der Waals surface area contributed by atoms with Gasteiger partial charge in [-0.2, -0.15) is 16.1 Å². The quantitative estimate of drug-likeness (QED) is 0.694. The molecule has 2 amide bonds. The fourth-order valence-electron chi connectivity index (χ4n) is 2.73. The molecular weight excluding hydrogens is 434 g/mol. The predicted octanol–water partition coefficient (Wildman–Crippen LogP) is 2.59. The lowest BCUT2D eigenvalue weighted by Gasteiger charge is -2.25. The van der Waals surface area contributed by atoms with Gasteiger partial charge in [-0.3, -0.25) is 10.1 Å². The minimum Gasteiger partial charge on any atom is -0.453 e. The van der Waals surface area contributed by atoms with Gasteiger partial charge < -0.3 is 10.1 Å². The van der Waals surface area contributed by atoms with Gasteiger partial charge in [0.2, 0.25) is 10.0 Å². The van der Waals surface area contributed by atoms with Gasteiger partial charge in [0.1, 0.15) is 9.77 Å². The van der Waals surface area contributed by atoms with E-state index < -0.39 is 22.0 Å². The summed E-state index contributed by atoms with van der Waals surface area (Å²) in [5.41, 5.74) is 1.38. The van der Waals surface area contributed by atoms with Crippen molar-refractivity contribution in [3.63, 3.8) is 0 Å². The molecular formula is C18H21N3O5S3. The first kappa shape index (κ1) is 21.6. The summed E-state index contributed by atoms with van der Waals surface area (Å²) >= 11 is 2.83. The maximum atomic E-state index is 12.9. The van der Waals surface area contributed by atoms with Gasteiger partial charge in [-0.15, -0.1) is 11.3 Å². The zero-order chi connectivity index (χ0) is 20.9. The number of anilines is 1. The second kappa shape index (κ2) is 9.61. The highest BCUT2D eigenvalue weighted by atomic mass is 32.2. The average Bonchev–Trinajstić information content (AvgIpc) is 3.24. The van der Waals surface area contributed by atoms with Crippen molar-refractivity contribution in [1.29, 1.82) is 0 Å². The van der Waals surface area contributed by atoms with Crippen molar-refractivity contribution < 1.29 is 22.7 Å². The Morgan fingerprint density at radius 3 is 2.48 bits per heavy atom. The van der Waals surface area contributed by atoms with E-state index >= 15 is 0 Å². The van der Waals surface area contributed by atoms with Gasteiger partial charge in [-0.1, -0.05) is 12.1 Å². The number of thioether (sulfide) groups is 1. The molecule has 3 rings (SSSR count). The predicted molar refractivity (Wildman–Crippen MR) is 114 cm³/mol. The average molecular weight is 456 g/mol. The lowest BCUT2D eigenvalue weighted by molar-refractivity contribution is 0.0952. The Kier molecular flexibility index (Phi) is 7.17. The Labute approximate surface area is 177 Å². The smallest absolute Gasteiger partial charge is 0.411 e. The number of nitrogens with zero attached hydrogens (tertiary/aromatic N) is 1. The molecule has 8 nitrogen and oxygen atoms in total. The monoisotopic (exact) mass is 455 g/mol. The lowest BCUT2D eigenvalue weighted by atomic mass is 10.2. The maximum absolute atomic E-state index is 12.9. The van der Waals surface area contributed by atoms with Crippen LogP contribution in [0.25, 0.3) is 0 Å². The molecule has 0 aliphatic carbocycles. The van der Waals surface area contributed by atoms with Crippen molar-refractivity contribution in [1.82, 2.24) is 9.62 Å². The number of ether oxygens (including phenoxy) is 1. The summed E-state index contributed by atoms with van der Waals surface area (Å²) in [6.45, 7) is 1.14. The van der Waals surface area contributed by atoms with Crippen LogP contribution in [0.1, 0.15) is 15.2 Å². The van der Waals surface area contributed by atoms with Crippen molar-refractivity contribution in [3.8, 4) is 0 Å². The fourth-order valence-corrected chi connectivity index (χ4v) is 6.62. The van der Waals surface area contributed by atoms with Crippen molar-refractivity contribution >= 4 is 50.8 Å². The van der Waals surface area contributed by atoms with E-state index in [0.29, 0.717) is 18.8 Å². The van der Waals surface area contributed by atoms with Gasteiger partial charge in [0.15, 0.2) is 0 Å². The highest BCUT2D eigenvalue weighted by Gasteiger charge is 2.31. The molecule has 0 saturated carbocycles. The molecule has 0 bridgehead atoms. The van der Waals surface area contributed by atoms with Crippen LogP contribution in [0.2, 0.25) is 0 Å². The van der Waals surface area contributed by atoms with Crippen LogP contribution >= 0.6 is 23.1 Å². The number of amides is 2. The van der Waals surface area contributed by atoms with E-state index in [1.165, 1.54) is 17.5 Å². The molecule has 0 atom stereocenters. The number of hydrogen-bond acceptors (Lipinski definition) is 7. The highest BCUT2D eigenvalue weighted by Crippen LogP contribution is 2.27. The molecule has 11 heteroatoms. The van der Waals surface area contributed by atoms with Crippen molar-refractivity contribution in [2.45, 2.75) is 11.4 Å². The topological polar surface area (TPSA) is 105 Å². The van der Waals surface area contributed by atoms with Crippen LogP contribution < -0.4 is 10.6 Å². The molecule has 0 spiro atoms. The molecule has 29 heavy (non-hydrogen) atoms. The van der Waals surface area contributed by atoms with Crippen molar-refractivity contribution in [2.75, 3.05) is 37.0 Å². The first-order valence-corrected chi connectivity index (χ1v) is 12.3. The van der Waals surface area contributed by atoms with Gasteiger partial charge in [0, 0.05) is 36.8 Å². The van der Waals surface area contributed by atoms with Crippen LogP contribution in [0.3, 0.4) is 0 Å². The van der Waals surface area contributed by atoms with E-state index in [-0.39, 0.29) is 16.3 Å². The molecule has 156 valence electrons. The summed E-state index contributed by atoms with van der Waals surface area (Å²) in [4.78, 5) is 24.1. The Morgan fingerprint density at radius 1 is 1.14 bits per heavy atom. The van der Waals surface area contributed by atoms with E-state index in [1.807, 2.05) is 0 Å². The molecule has 0 unspecified atom stereocenters. The zero-order valence-corrected chi connectivity index (χ0v) is 18.2. The summed E-state index contributed by atoms with van der Waals surface area (Å²) in [6.07, 6.45) is -0.565. The number of nitrogens with one attached hydrogen (secondary N) is 2. The minimum absolute atomic E-state index is 0.0597. The number of thiophene rings is 1. The van der Waals surface area contributed by atoms with Gasteiger partial charge >= 0.3 is 6.09 Å². The third-order valence-corrected chi connectivity index (χ3v) is 8.19. The minimum atomic E-state index is -3.68. The molecule has 2 heterocycles. The number of carbonyl (C=O) groups excluding carboxylic acids is 2. The zero-order valence-electron chi connectivity index (χ0n) is 15.7. The first-order chi connectivity index (χ1) is 13.9. The molecule has 1 fully saturated rings. The summed E-state index contributed by atoms with van der Waals surface area (Å²) < 4.78 is 31.8. The number of sulfonamides is 1. The van der Waals surface area contributed by atoms with Crippen molar-refractivity contribution in [2.24, 2.45) is 0 Å². The van der Waals surface area contributed by atoms with Gasteiger partial charge in [-0.25, -0.2) is 13.2 Å². The number of rotatable bonds is 6. The highest BCUT2D eigenvalue weighted by molar-refractivity contribution is 7.99. The van der Waals surface area contributed by atoms with Gasteiger partial charge in [0.25, 0.3) is 5.91 Å². The standard InChI is InChI=1S/C18H21N3O5S3/c1-26-18(23)20-14-4-2-13(3-5-14)12-19-17(22)16-15(6-9-28-16)29(24,25)21-7-10-27-11-8-21/h2-6,9H,7-8,10-12H2,1H3,(H,19,22)(H,20,23). The SMILES string of the molecule is COC(=O)Nc1ccc(CNC(=O)c2sccc2S(=O)(=O)N2CCSCC2)cc1. The fraction of sp³-hybridized carbons (Fsp3) is 0.333. The summed E-state index contributed by atoms with van der Waals surface area (Å²) in [5, 5.41) is 6.92. The Morgan fingerprint density at radius 2 is 1.83 bits per heavy atom. The van der Waals surface area contributed by atoms with E-state index in [1.54, 1.807) is 41.4 Å². The van der Waals surface area contributed by atoms with Gasteiger partial charge in [-0.05, 0) is 29.1 Å². The molecule has 2 aromatic rings. The van der Waals surface area contributed by atoms with Crippen LogP contribution in [-0.2, 0) is 21.3 Å². The second-order valence-corrected chi connectivity index (χ2v) is 10.2. The lowest BCUT2D eigenvalue weighted by Crippen LogP contribution is -2.38. The molecule has 1 saturated heterocycles. The van der Waals surface area contributed by atoms with Crippen LogP contribution in [0, 0.1) is 0 Å². The Balaban J connectivity index is 1.65.